The maximum atomic E-state index is 4.99. The molecule has 51 heavy (non-hydrogen) atoms. The molecule has 0 atom stereocenters. The molecule has 238 valence electrons. The summed E-state index contributed by atoms with van der Waals surface area (Å²) < 4.78 is 6.96. The third-order valence-electron chi connectivity index (χ3n) is 10.4. The Balaban J connectivity index is 1.14. The molecule has 0 aliphatic carbocycles. The third kappa shape index (κ3) is 3.97. The van der Waals surface area contributed by atoms with Gasteiger partial charge in [0.15, 0.2) is 0 Å². The lowest BCUT2D eigenvalue weighted by atomic mass is 10.1. The molecule has 5 heteroatoms. The minimum absolute atomic E-state index is 0.655. The van der Waals surface area contributed by atoms with Gasteiger partial charge in [-0.15, -0.1) is 0 Å². The Hall–Kier alpha value is -6.98. The summed E-state index contributed by atoms with van der Waals surface area (Å²) in [5, 5.41) is 7.37. The average molecular weight is 652 g/mol. The SMILES string of the molecule is c1ccc(-n2c3ccccc3c3c4c5ccccc5n(-c5ccccc5-c5cnc(-n6c7ccccc7c7ccccc76)nc5)c4ccc32)cc1. The molecule has 0 saturated heterocycles. The van der Waals surface area contributed by atoms with Crippen LogP contribution >= 0.6 is 0 Å². The highest BCUT2D eigenvalue weighted by atomic mass is 15.1. The van der Waals surface area contributed by atoms with Crippen molar-refractivity contribution in [3.8, 4) is 28.5 Å². The third-order valence-corrected chi connectivity index (χ3v) is 10.4. The van der Waals surface area contributed by atoms with Gasteiger partial charge >= 0.3 is 0 Å². The van der Waals surface area contributed by atoms with Gasteiger partial charge in [-0.1, -0.05) is 109 Å². The minimum Gasteiger partial charge on any atom is -0.309 e. The average Bonchev–Trinajstić information content (AvgIpc) is 3.84. The van der Waals surface area contributed by atoms with E-state index < -0.39 is 0 Å². The maximum absolute atomic E-state index is 4.99. The number of rotatable bonds is 4. The molecule has 7 aromatic carbocycles. The highest BCUT2D eigenvalue weighted by Gasteiger charge is 2.22. The van der Waals surface area contributed by atoms with Crippen LogP contribution in [0.3, 0.4) is 0 Å². The van der Waals surface area contributed by atoms with Crippen LogP contribution in [0.1, 0.15) is 0 Å². The molecule has 11 aromatic rings. The molecular formula is C46H29N5. The first-order chi connectivity index (χ1) is 25.3. The van der Waals surface area contributed by atoms with Crippen molar-refractivity contribution >= 4 is 65.4 Å². The predicted molar refractivity (Wildman–Crippen MR) is 210 cm³/mol. The summed E-state index contributed by atoms with van der Waals surface area (Å²) in [4.78, 5) is 9.98. The number of hydrogen-bond donors (Lipinski definition) is 0. The van der Waals surface area contributed by atoms with Crippen LogP contribution in [0.5, 0.6) is 0 Å². The van der Waals surface area contributed by atoms with Gasteiger partial charge in [0.1, 0.15) is 0 Å². The van der Waals surface area contributed by atoms with Crippen LogP contribution in [-0.4, -0.2) is 23.7 Å². The zero-order chi connectivity index (χ0) is 33.5. The van der Waals surface area contributed by atoms with Crippen molar-refractivity contribution in [3.63, 3.8) is 0 Å². The van der Waals surface area contributed by atoms with E-state index in [-0.39, 0.29) is 0 Å². The van der Waals surface area contributed by atoms with Crippen LogP contribution in [0.4, 0.5) is 0 Å². The van der Waals surface area contributed by atoms with Crippen molar-refractivity contribution in [1.29, 1.82) is 0 Å². The molecule has 0 aliphatic rings. The van der Waals surface area contributed by atoms with Gasteiger partial charge in [0.05, 0.1) is 38.8 Å². The zero-order valence-corrected chi connectivity index (χ0v) is 27.5. The molecule has 0 radical (unpaired) electrons. The number of para-hydroxylation sites is 6. The summed E-state index contributed by atoms with van der Waals surface area (Å²) in [5.41, 5.74) is 11.2. The van der Waals surface area contributed by atoms with Gasteiger partial charge in [0.2, 0.25) is 5.95 Å². The van der Waals surface area contributed by atoms with Crippen molar-refractivity contribution in [2.24, 2.45) is 0 Å². The monoisotopic (exact) mass is 651 g/mol. The van der Waals surface area contributed by atoms with Crippen LogP contribution < -0.4 is 0 Å². The Morgan fingerprint density at radius 2 is 0.784 bits per heavy atom. The lowest BCUT2D eigenvalue weighted by molar-refractivity contribution is 0.989. The van der Waals surface area contributed by atoms with E-state index in [0.717, 1.165) is 44.6 Å². The fourth-order valence-corrected chi connectivity index (χ4v) is 8.26. The Kier molecular flexibility index (Phi) is 5.89. The van der Waals surface area contributed by atoms with Crippen molar-refractivity contribution < 1.29 is 0 Å². The molecule has 0 bridgehead atoms. The standard InChI is InChI=1S/C46H29N5/c1-2-14-31(15-3-1)49-40-24-12-7-19-35(40)44-42(49)26-27-43-45(44)36-20-8-13-25-41(36)50(43)37-21-9-4-16-32(37)30-28-47-46(48-29-30)51-38-22-10-5-17-33(38)34-18-6-11-23-39(34)51/h1-29H. The molecular weight excluding hydrogens is 623 g/mol. The van der Waals surface area contributed by atoms with Crippen molar-refractivity contribution in [2.45, 2.75) is 0 Å². The first-order valence-corrected chi connectivity index (χ1v) is 17.3. The second-order valence-electron chi connectivity index (χ2n) is 13.1. The van der Waals surface area contributed by atoms with Crippen LogP contribution in [0.2, 0.25) is 0 Å². The number of nitrogens with zero attached hydrogens (tertiary/aromatic N) is 5. The molecule has 0 saturated carbocycles. The summed E-state index contributed by atoms with van der Waals surface area (Å²) in [6.07, 6.45) is 3.93. The van der Waals surface area contributed by atoms with Crippen molar-refractivity contribution in [3.05, 3.63) is 176 Å². The molecule has 4 aromatic heterocycles. The Morgan fingerprint density at radius 3 is 1.39 bits per heavy atom. The van der Waals surface area contributed by atoms with Crippen LogP contribution in [0, 0.1) is 0 Å². The highest BCUT2D eigenvalue weighted by Crippen LogP contribution is 2.43. The molecule has 0 spiro atoms. The summed E-state index contributed by atoms with van der Waals surface area (Å²) in [6, 6.07) is 58.3. The van der Waals surface area contributed by atoms with E-state index in [2.05, 4.69) is 177 Å². The van der Waals surface area contributed by atoms with Crippen LogP contribution in [0.25, 0.3) is 93.9 Å². The van der Waals surface area contributed by atoms with Crippen molar-refractivity contribution in [1.82, 2.24) is 23.7 Å². The van der Waals surface area contributed by atoms with Gasteiger partial charge in [-0.2, -0.15) is 0 Å². The predicted octanol–water partition coefficient (Wildman–Crippen LogP) is 11.4. The number of aromatic nitrogens is 5. The van der Waals surface area contributed by atoms with E-state index >= 15 is 0 Å². The minimum atomic E-state index is 0.655. The van der Waals surface area contributed by atoms with E-state index in [1.165, 1.54) is 43.4 Å². The Morgan fingerprint density at radius 1 is 0.333 bits per heavy atom. The first kappa shape index (κ1) is 27.9. The normalized spacial score (nSPS) is 11.9. The summed E-state index contributed by atoms with van der Waals surface area (Å²) >= 11 is 0. The zero-order valence-electron chi connectivity index (χ0n) is 27.5. The molecule has 0 aliphatic heterocycles. The van der Waals surface area contributed by atoms with E-state index in [0.29, 0.717) is 5.95 Å². The topological polar surface area (TPSA) is 40.6 Å². The van der Waals surface area contributed by atoms with Gasteiger partial charge in [0, 0.05) is 61.5 Å². The van der Waals surface area contributed by atoms with E-state index in [1.54, 1.807) is 0 Å². The molecule has 11 rings (SSSR count). The molecule has 0 amide bonds. The fourth-order valence-electron chi connectivity index (χ4n) is 8.26. The molecule has 0 fully saturated rings. The largest absolute Gasteiger partial charge is 0.309 e. The van der Waals surface area contributed by atoms with Gasteiger partial charge in [-0.05, 0) is 54.6 Å². The van der Waals surface area contributed by atoms with Gasteiger partial charge in [-0.3, -0.25) is 4.57 Å². The van der Waals surface area contributed by atoms with Crippen LogP contribution in [-0.2, 0) is 0 Å². The fraction of sp³-hybridized carbons (Fsp3) is 0. The van der Waals surface area contributed by atoms with E-state index in [9.17, 15) is 0 Å². The first-order valence-electron chi connectivity index (χ1n) is 17.3. The lowest BCUT2D eigenvalue weighted by Crippen LogP contribution is -2.02. The summed E-state index contributed by atoms with van der Waals surface area (Å²) in [6.45, 7) is 0. The number of hydrogen-bond acceptors (Lipinski definition) is 2. The lowest BCUT2D eigenvalue weighted by Gasteiger charge is -2.14. The van der Waals surface area contributed by atoms with E-state index in [4.69, 9.17) is 9.97 Å². The summed E-state index contributed by atoms with van der Waals surface area (Å²) in [5.74, 6) is 0.655. The van der Waals surface area contributed by atoms with Gasteiger partial charge < -0.3 is 9.13 Å². The maximum Gasteiger partial charge on any atom is 0.234 e. The van der Waals surface area contributed by atoms with Gasteiger partial charge in [-0.25, -0.2) is 9.97 Å². The number of fused-ring (bicyclic) bond motifs is 10. The van der Waals surface area contributed by atoms with Crippen LogP contribution in [0.15, 0.2) is 176 Å². The Bertz CT molecular complexity index is 3070. The second kappa shape index (κ2) is 10.8. The Labute approximate surface area is 292 Å². The van der Waals surface area contributed by atoms with E-state index in [1.807, 2.05) is 12.4 Å². The summed E-state index contributed by atoms with van der Waals surface area (Å²) in [7, 11) is 0. The molecule has 0 unspecified atom stereocenters. The quantitative estimate of drug-likeness (QED) is 0.190. The smallest absolute Gasteiger partial charge is 0.234 e. The van der Waals surface area contributed by atoms with Crippen molar-refractivity contribution in [2.75, 3.05) is 0 Å². The second-order valence-corrected chi connectivity index (χ2v) is 13.1. The molecule has 4 heterocycles. The molecule has 0 N–H and O–H groups in total. The molecule has 5 nitrogen and oxygen atoms in total. The highest BCUT2D eigenvalue weighted by molar-refractivity contribution is 6.29. The van der Waals surface area contributed by atoms with Gasteiger partial charge in [0.25, 0.3) is 0 Å². The number of benzene rings is 7.